The zero-order valence-electron chi connectivity index (χ0n) is 51.4. The number of phenols is 1. The average Bonchev–Trinajstić information content (AvgIpc) is 3.85. The molecule has 354 valence electrons. The van der Waals surface area contributed by atoms with E-state index < -0.39 is 31.9 Å². The number of hydrogen-bond donors (Lipinski definition) is 1. The van der Waals surface area contributed by atoms with E-state index in [-0.39, 0.29) is 55.0 Å². The molecule has 0 saturated carbocycles. The molecule has 0 unspecified atom stereocenters. The van der Waals surface area contributed by atoms with Crippen molar-refractivity contribution in [2.75, 3.05) is 0 Å². The number of aromatic hydroxyl groups is 1. The molecule has 0 spiro atoms. The van der Waals surface area contributed by atoms with Crippen LogP contribution in [0.4, 0.5) is 0 Å². The first-order valence-electron chi connectivity index (χ1n) is 28.3. The van der Waals surface area contributed by atoms with Gasteiger partial charge >= 0.3 is 0 Å². The third-order valence-corrected chi connectivity index (χ3v) is 13.0. The van der Waals surface area contributed by atoms with Gasteiger partial charge in [0.2, 0.25) is 0 Å². The normalized spacial score (nSPS) is 15.3. The first-order valence-corrected chi connectivity index (χ1v) is 23.3. The van der Waals surface area contributed by atoms with Crippen LogP contribution in [0, 0.1) is 6.07 Å². The summed E-state index contributed by atoms with van der Waals surface area (Å²) in [7, 11) is 0. The predicted molar refractivity (Wildman–Crippen MR) is 285 cm³/mol. The van der Waals surface area contributed by atoms with Crippen molar-refractivity contribution in [3.63, 3.8) is 0 Å². The van der Waals surface area contributed by atoms with E-state index in [2.05, 4.69) is 147 Å². The number of phenolic OH excluding ortho intramolecular Hbond substituents is 1. The number of nitrogens with zero attached hydrogens (tertiary/aromatic N) is 3. The minimum Gasteiger partial charge on any atom is -0.507 e. The molecule has 8 aromatic rings. The number of pyridine rings is 1. The van der Waals surface area contributed by atoms with E-state index in [0.29, 0.717) is 39.3 Å². The Hall–Kier alpha value is -5.57. The van der Waals surface area contributed by atoms with Gasteiger partial charge in [-0.15, -0.1) is 29.3 Å². The van der Waals surface area contributed by atoms with E-state index in [1.807, 2.05) is 38.1 Å². The van der Waals surface area contributed by atoms with E-state index in [4.69, 9.17) is 23.7 Å². The number of para-hydroxylation sites is 1. The van der Waals surface area contributed by atoms with Gasteiger partial charge < -0.3 is 5.11 Å². The second-order valence-electron chi connectivity index (χ2n) is 21.0. The Bertz CT molecular complexity index is 3460. The molecule has 0 aliphatic heterocycles. The minimum atomic E-state index is -3.38. The molecule has 5 heteroatoms. The molecule has 2 aromatic heterocycles. The van der Waals surface area contributed by atoms with Crippen molar-refractivity contribution in [3.05, 3.63) is 167 Å². The van der Waals surface area contributed by atoms with Gasteiger partial charge in [0.1, 0.15) is 11.6 Å². The maximum atomic E-state index is 12.4. The molecule has 0 saturated heterocycles. The van der Waals surface area contributed by atoms with Crippen LogP contribution in [0.1, 0.15) is 168 Å². The van der Waals surface area contributed by atoms with Gasteiger partial charge in [-0.3, -0.25) is 9.55 Å². The third kappa shape index (κ3) is 10.1. The van der Waals surface area contributed by atoms with Gasteiger partial charge in [-0.1, -0.05) is 194 Å². The molecule has 4 nitrogen and oxygen atoms in total. The van der Waals surface area contributed by atoms with Crippen LogP contribution in [0.3, 0.4) is 0 Å². The van der Waals surface area contributed by atoms with Crippen molar-refractivity contribution in [1.82, 2.24) is 14.5 Å². The van der Waals surface area contributed by atoms with E-state index in [9.17, 15) is 5.11 Å². The Balaban J connectivity index is 0.00000882. The van der Waals surface area contributed by atoms with Crippen LogP contribution < -0.4 is 0 Å². The molecule has 8 rings (SSSR count). The van der Waals surface area contributed by atoms with Crippen molar-refractivity contribution >= 4 is 11.0 Å². The van der Waals surface area contributed by atoms with Crippen LogP contribution >= 0.6 is 0 Å². The number of rotatable bonds is 9. The van der Waals surface area contributed by atoms with Gasteiger partial charge in [0.15, 0.2) is 0 Å². The molecule has 0 bridgehead atoms. The Labute approximate surface area is 435 Å². The second kappa shape index (κ2) is 19.1. The van der Waals surface area contributed by atoms with Crippen LogP contribution in [0.25, 0.3) is 72.7 Å². The molecule has 6 aromatic carbocycles. The molecular formula is C63H70N3OPt-. The van der Waals surface area contributed by atoms with Crippen molar-refractivity contribution in [2.24, 2.45) is 0 Å². The average molecular weight is 1090 g/mol. The zero-order chi connectivity index (χ0) is 56.7. The van der Waals surface area contributed by atoms with Crippen LogP contribution in [0.2, 0.25) is 0 Å². The quantitative estimate of drug-likeness (QED) is 0.147. The molecule has 1 N–H and O–H groups in total. The van der Waals surface area contributed by atoms with Gasteiger partial charge in [0.05, 0.1) is 22.3 Å². The summed E-state index contributed by atoms with van der Waals surface area (Å²) < 4.78 is 85.3. The Kier molecular flexibility index (Phi) is 10.7. The Morgan fingerprint density at radius 3 is 1.81 bits per heavy atom. The van der Waals surface area contributed by atoms with E-state index in [0.717, 1.165) is 55.7 Å². The number of imidazole rings is 1. The smallest absolute Gasteiger partial charge is 0.148 e. The van der Waals surface area contributed by atoms with Crippen molar-refractivity contribution in [1.29, 1.82) is 0 Å². The van der Waals surface area contributed by atoms with E-state index in [1.54, 1.807) is 24.4 Å². The summed E-state index contributed by atoms with van der Waals surface area (Å²) in [5.74, 6) is -0.0125. The summed E-state index contributed by atoms with van der Waals surface area (Å²) in [6.45, 7) is 15.1. The predicted octanol–water partition coefficient (Wildman–Crippen LogP) is 17.5. The molecular weight excluding hydrogens is 1010 g/mol. The summed E-state index contributed by atoms with van der Waals surface area (Å²) in [5.41, 5.74) is 9.98. The maximum Gasteiger partial charge on any atom is 0.148 e. The largest absolute Gasteiger partial charge is 0.507 e. The molecule has 0 aliphatic carbocycles. The number of aromatic nitrogens is 3. The zero-order valence-corrected chi connectivity index (χ0v) is 43.7. The van der Waals surface area contributed by atoms with Crippen LogP contribution in [0.5, 0.6) is 5.75 Å². The maximum absolute atomic E-state index is 12.4. The first-order chi connectivity index (χ1) is 35.5. The number of fused-ring (bicyclic) bond motifs is 1. The fraction of sp³-hybridized carbons (Fsp3) is 0.333. The van der Waals surface area contributed by atoms with E-state index in [1.165, 1.54) is 17.7 Å². The summed E-state index contributed by atoms with van der Waals surface area (Å²) in [6, 6.07) is 42.4. The monoisotopic (exact) mass is 1090 g/mol. The second-order valence-corrected chi connectivity index (χ2v) is 21.0. The topological polar surface area (TPSA) is 50.9 Å². The fourth-order valence-corrected chi connectivity index (χ4v) is 8.74. The molecule has 0 atom stereocenters. The molecule has 0 amide bonds. The van der Waals surface area contributed by atoms with Crippen LogP contribution in [0.15, 0.2) is 128 Å². The SMILES string of the molecule is [2H]C(C)(C)c1ccc(-n2c(-c3cc(C(C)C)cc(C(C)C)c3O)nc3c(-c4[c-]c(-c5cc(-c6ccc(C(C([2H])([2H])[2H])(C([2H])([2H])[2H])C([2H])([2H])[2H])cc6)ccn5)cc(C(C)(C)C)c4)cccc32)c(-c2ccc(C(C)(C)C)cc2)c1.[Pt]. The van der Waals surface area contributed by atoms with Crippen LogP contribution in [-0.4, -0.2) is 19.6 Å². The minimum absolute atomic E-state index is 0. The van der Waals surface area contributed by atoms with Gasteiger partial charge in [-0.2, -0.15) is 0 Å². The van der Waals surface area contributed by atoms with Crippen molar-refractivity contribution in [2.45, 2.75) is 138 Å². The number of benzene rings is 6. The third-order valence-electron chi connectivity index (χ3n) is 13.0. The number of hydrogen-bond acceptors (Lipinski definition) is 3. The van der Waals surface area contributed by atoms with Gasteiger partial charge in [0, 0.05) is 52.2 Å². The summed E-state index contributed by atoms with van der Waals surface area (Å²) in [5, 5.41) is 12.4. The molecule has 0 fully saturated rings. The Morgan fingerprint density at radius 1 is 0.588 bits per heavy atom. The summed E-state index contributed by atoms with van der Waals surface area (Å²) >= 11 is 0. The molecule has 68 heavy (non-hydrogen) atoms. The van der Waals surface area contributed by atoms with Crippen molar-refractivity contribution < 1.29 is 39.9 Å². The standard InChI is InChI=1S/C63H70N3O.Pt/c1-38(2)43-23-28-56(53(34-43)42-21-26-49(27-22-42)62(10,11)12)66-57-18-16-17-51(58(57)65-60(66)54-36-45(39(3)4)35-52(40(5)6)59(54)67)46-31-47(33-50(32-46)63(13,14)15)55-37-44(29-30-64-55)41-19-24-48(25-20-41)61(7,8)9;/h16-30,32-40,67H,1-15H3;/q-1;/i7D3,8D3,9D3,38D;. The fourth-order valence-electron chi connectivity index (χ4n) is 8.74. The molecule has 0 aliphatic rings. The van der Waals surface area contributed by atoms with Gasteiger partial charge in [-0.05, 0) is 109 Å². The van der Waals surface area contributed by atoms with Crippen LogP contribution in [-0.2, 0) is 37.3 Å². The first kappa shape index (κ1) is 38.3. The van der Waals surface area contributed by atoms with Gasteiger partial charge in [-0.25, -0.2) is 4.98 Å². The summed E-state index contributed by atoms with van der Waals surface area (Å²) in [4.78, 5) is 10.4. The van der Waals surface area contributed by atoms with Gasteiger partial charge in [0.25, 0.3) is 0 Å². The van der Waals surface area contributed by atoms with E-state index >= 15 is 0 Å². The van der Waals surface area contributed by atoms with Crippen molar-refractivity contribution in [3.8, 4) is 67.5 Å². The summed E-state index contributed by atoms with van der Waals surface area (Å²) in [6.07, 6.45) is 1.66. The molecule has 0 radical (unpaired) electrons. The Morgan fingerprint density at radius 2 is 1.21 bits per heavy atom. The molecule has 2 heterocycles.